The van der Waals surface area contributed by atoms with Crippen molar-refractivity contribution in [1.29, 1.82) is 0 Å². The molecule has 0 aromatic carbocycles. The standard InChI is InChI=1S/C6H12BNO3/c1-4(2)6(7(9)10)5(3)11-8/h9-10H,1,8H2,2-3H3/b6-5+. The lowest BCUT2D eigenvalue weighted by Gasteiger charge is -2.08. The van der Waals surface area contributed by atoms with Crippen LogP contribution in [0.5, 0.6) is 0 Å². The lowest BCUT2D eigenvalue weighted by molar-refractivity contribution is 0.219. The summed E-state index contributed by atoms with van der Waals surface area (Å²) >= 11 is 0. The summed E-state index contributed by atoms with van der Waals surface area (Å²) in [6.45, 7) is 6.70. The number of nitrogens with two attached hydrogens (primary N) is 1. The highest BCUT2D eigenvalue weighted by Gasteiger charge is 2.19. The third-order valence-corrected chi connectivity index (χ3v) is 1.27. The SMILES string of the molecule is C=C(C)/C(B(O)O)=C(/C)ON. The van der Waals surface area contributed by atoms with Gasteiger partial charge in [0, 0.05) is 5.47 Å². The molecule has 62 valence electrons. The molecule has 0 bridgehead atoms. The van der Waals surface area contributed by atoms with Gasteiger partial charge in [-0.25, -0.2) is 0 Å². The molecule has 0 aliphatic heterocycles. The van der Waals surface area contributed by atoms with E-state index in [2.05, 4.69) is 11.4 Å². The van der Waals surface area contributed by atoms with Crippen LogP contribution >= 0.6 is 0 Å². The van der Waals surface area contributed by atoms with Crippen LogP contribution < -0.4 is 5.90 Å². The highest BCUT2D eigenvalue weighted by Crippen LogP contribution is 2.13. The molecule has 0 aromatic rings. The molecule has 0 atom stereocenters. The maximum Gasteiger partial charge on any atom is 0.492 e. The molecular weight excluding hydrogens is 145 g/mol. The van der Waals surface area contributed by atoms with Gasteiger partial charge in [0.05, 0.1) is 0 Å². The number of rotatable bonds is 3. The van der Waals surface area contributed by atoms with Crippen molar-refractivity contribution in [3.05, 3.63) is 23.4 Å². The molecule has 4 N–H and O–H groups in total. The minimum absolute atomic E-state index is 0.215. The molecule has 0 heterocycles. The molecule has 0 aliphatic rings. The first kappa shape index (κ1) is 10.2. The van der Waals surface area contributed by atoms with Crippen molar-refractivity contribution in [3.63, 3.8) is 0 Å². The first-order valence-corrected chi connectivity index (χ1v) is 3.10. The van der Waals surface area contributed by atoms with Crippen LogP contribution in [0.4, 0.5) is 0 Å². The van der Waals surface area contributed by atoms with Crippen LogP contribution in [0.2, 0.25) is 0 Å². The Labute approximate surface area is 66.1 Å². The van der Waals surface area contributed by atoms with E-state index in [4.69, 9.17) is 15.9 Å². The zero-order chi connectivity index (χ0) is 9.02. The number of hydrogen-bond acceptors (Lipinski definition) is 4. The smallest absolute Gasteiger partial charge is 0.423 e. The van der Waals surface area contributed by atoms with Gasteiger partial charge in [-0.05, 0) is 13.8 Å². The van der Waals surface area contributed by atoms with Crippen molar-refractivity contribution >= 4 is 7.12 Å². The van der Waals surface area contributed by atoms with Crippen LogP contribution in [-0.2, 0) is 4.84 Å². The minimum atomic E-state index is -1.59. The normalized spacial score (nSPS) is 12.1. The molecule has 0 saturated carbocycles. The Kier molecular flexibility index (Phi) is 3.88. The third kappa shape index (κ3) is 2.75. The summed E-state index contributed by atoms with van der Waals surface area (Å²) in [7, 11) is -1.59. The third-order valence-electron chi connectivity index (χ3n) is 1.27. The topological polar surface area (TPSA) is 75.7 Å². The molecule has 0 aromatic heterocycles. The second-order valence-corrected chi connectivity index (χ2v) is 2.24. The fraction of sp³-hybridized carbons (Fsp3) is 0.333. The summed E-state index contributed by atoms with van der Waals surface area (Å²) in [5, 5.41) is 17.6. The van der Waals surface area contributed by atoms with Gasteiger partial charge < -0.3 is 14.9 Å². The van der Waals surface area contributed by atoms with Crippen molar-refractivity contribution in [1.82, 2.24) is 0 Å². The highest BCUT2D eigenvalue weighted by molar-refractivity contribution is 6.52. The maximum absolute atomic E-state index is 8.79. The van der Waals surface area contributed by atoms with Crippen molar-refractivity contribution in [2.24, 2.45) is 5.90 Å². The minimum Gasteiger partial charge on any atom is -0.423 e. The van der Waals surface area contributed by atoms with E-state index in [9.17, 15) is 0 Å². The van der Waals surface area contributed by atoms with Crippen molar-refractivity contribution in [2.45, 2.75) is 13.8 Å². The second kappa shape index (κ2) is 4.18. The highest BCUT2D eigenvalue weighted by atomic mass is 16.6. The Bertz CT molecular complexity index is 188. The van der Waals surface area contributed by atoms with Gasteiger partial charge in [0.15, 0.2) is 0 Å². The summed E-state index contributed by atoms with van der Waals surface area (Å²) in [5.41, 5.74) is 0.732. The van der Waals surface area contributed by atoms with Gasteiger partial charge in [0.25, 0.3) is 0 Å². The maximum atomic E-state index is 8.79. The fourth-order valence-electron chi connectivity index (χ4n) is 0.766. The predicted octanol–water partition coefficient (Wildman–Crippen LogP) is -0.261. The van der Waals surface area contributed by atoms with E-state index in [0.29, 0.717) is 5.57 Å². The van der Waals surface area contributed by atoms with Crippen LogP contribution in [0.25, 0.3) is 0 Å². The molecule has 5 heteroatoms. The van der Waals surface area contributed by atoms with Crippen molar-refractivity contribution in [2.75, 3.05) is 0 Å². The monoisotopic (exact) mass is 157 g/mol. The van der Waals surface area contributed by atoms with Crippen molar-refractivity contribution < 1.29 is 14.9 Å². The van der Waals surface area contributed by atoms with E-state index in [1.165, 1.54) is 6.92 Å². The largest absolute Gasteiger partial charge is 0.492 e. The Morgan fingerprint density at radius 2 is 1.91 bits per heavy atom. The van der Waals surface area contributed by atoms with Crippen LogP contribution in [0.3, 0.4) is 0 Å². The number of hydrogen-bond donors (Lipinski definition) is 3. The number of allylic oxidation sites excluding steroid dienone is 3. The summed E-state index contributed by atoms with van der Waals surface area (Å²) < 4.78 is 0. The van der Waals surface area contributed by atoms with Crippen LogP contribution in [0, 0.1) is 0 Å². The Hall–Kier alpha value is -0.775. The zero-order valence-corrected chi connectivity index (χ0v) is 6.66. The second-order valence-electron chi connectivity index (χ2n) is 2.24. The molecule has 0 radical (unpaired) electrons. The van der Waals surface area contributed by atoms with Crippen molar-refractivity contribution in [3.8, 4) is 0 Å². The van der Waals surface area contributed by atoms with Gasteiger partial charge in [-0.15, -0.1) is 0 Å². The molecule has 0 saturated heterocycles. The lowest BCUT2D eigenvalue weighted by Crippen LogP contribution is -2.19. The summed E-state index contributed by atoms with van der Waals surface area (Å²) in [5.74, 6) is 5.08. The van der Waals surface area contributed by atoms with Gasteiger partial charge >= 0.3 is 7.12 Å². The van der Waals surface area contributed by atoms with E-state index >= 15 is 0 Å². The summed E-state index contributed by atoms with van der Waals surface area (Å²) in [4.78, 5) is 4.33. The van der Waals surface area contributed by atoms with Crippen LogP contribution in [0.15, 0.2) is 23.4 Å². The van der Waals surface area contributed by atoms with E-state index in [1.807, 2.05) is 0 Å². The first-order chi connectivity index (χ1) is 5.00. The Balaban J connectivity index is 4.73. The predicted molar refractivity (Wildman–Crippen MR) is 43.0 cm³/mol. The average Bonchev–Trinajstić information content (AvgIpc) is 1.85. The average molecular weight is 157 g/mol. The molecule has 11 heavy (non-hydrogen) atoms. The molecule has 0 spiro atoms. The quantitative estimate of drug-likeness (QED) is 0.228. The van der Waals surface area contributed by atoms with Gasteiger partial charge in [0.2, 0.25) is 0 Å². The van der Waals surface area contributed by atoms with Gasteiger partial charge in [-0.3, -0.25) is 0 Å². The summed E-state index contributed by atoms with van der Waals surface area (Å²) in [6, 6.07) is 0. The molecule has 0 fully saturated rings. The Morgan fingerprint density at radius 1 is 1.45 bits per heavy atom. The van der Waals surface area contributed by atoms with Gasteiger partial charge in [-0.1, -0.05) is 12.2 Å². The Morgan fingerprint density at radius 3 is 2.00 bits per heavy atom. The molecule has 0 amide bonds. The van der Waals surface area contributed by atoms with Crippen LogP contribution in [-0.4, -0.2) is 17.2 Å². The van der Waals surface area contributed by atoms with Gasteiger partial charge in [0.1, 0.15) is 5.76 Å². The van der Waals surface area contributed by atoms with Gasteiger partial charge in [-0.2, -0.15) is 5.90 Å². The summed E-state index contributed by atoms with van der Waals surface area (Å²) in [6.07, 6.45) is 0. The zero-order valence-electron chi connectivity index (χ0n) is 6.66. The van der Waals surface area contributed by atoms with E-state index < -0.39 is 7.12 Å². The van der Waals surface area contributed by atoms with E-state index in [1.54, 1.807) is 6.92 Å². The van der Waals surface area contributed by atoms with E-state index in [0.717, 1.165) is 0 Å². The molecule has 0 aliphatic carbocycles. The fourth-order valence-corrected chi connectivity index (χ4v) is 0.766. The van der Waals surface area contributed by atoms with Crippen LogP contribution in [0.1, 0.15) is 13.8 Å². The molecule has 0 rings (SSSR count). The lowest BCUT2D eigenvalue weighted by atomic mass is 9.75. The first-order valence-electron chi connectivity index (χ1n) is 3.10. The molecular formula is C6H12BNO3. The molecule has 0 unspecified atom stereocenters. The van der Waals surface area contributed by atoms with E-state index in [-0.39, 0.29) is 11.2 Å². The molecule has 4 nitrogen and oxygen atoms in total.